The average molecular weight is 154 g/mol. The van der Waals surface area contributed by atoms with Gasteiger partial charge in [0.05, 0.1) is 0 Å². The fourth-order valence-corrected chi connectivity index (χ4v) is 1.69. The van der Waals surface area contributed by atoms with Crippen LogP contribution >= 0.6 is 0 Å². The zero-order valence-corrected chi connectivity index (χ0v) is 6.63. The molecule has 0 aromatic rings. The molecule has 1 aliphatic heterocycles. The van der Waals surface area contributed by atoms with Crippen molar-refractivity contribution in [1.82, 2.24) is 10.0 Å². The molecule has 1 saturated carbocycles. The Morgan fingerprint density at radius 3 is 1.55 bits per heavy atom. The summed E-state index contributed by atoms with van der Waals surface area (Å²) in [6.45, 7) is 2.98. The third-order valence-corrected chi connectivity index (χ3v) is 2.24. The molecule has 1 aliphatic carbocycles. The summed E-state index contributed by atoms with van der Waals surface area (Å²) in [7, 11) is 0. The fourth-order valence-electron chi connectivity index (χ4n) is 1.69. The minimum Gasteiger partial charge on any atom is -0.273 e. The first-order valence-corrected chi connectivity index (χ1v) is 3.71. The molecule has 60 valence electrons. The highest BCUT2D eigenvalue weighted by Gasteiger charge is 2.72. The second-order valence-corrected chi connectivity index (χ2v) is 3.14. The summed E-state index contributed by atoms with van der Waals surface area (Å²) in [5.41, 5.74) is -0.155. The molecular formula is C7H10N2O2. The molecule has 2 aliphatic rings. The second-order valence-electron chi connectivity index (χ2n) is 3.14. The third kappa shape index (κ3) is 0.640. The van der Waals surface area contributed by atoms with Gasteiger partial charge in [0.1, 0.15) is 0 Å². The highest BCUT2D eigenvalue weighted by Crippen LogP contribution is 2.58. The summed E-state index contributed by atoms with van der Waals surface area (Å²) >= 11 is 0. The average Bonchev–Trinajstić information content (AvgIpc) is 2.71. The summed E-state index contributed by atoms with van der Waals surface area (Å²) in [5, 5.41) is 3.10. The van der Waals surface area contributed by atoms with Crippen molar-refractivity contribution in [1.29, 1.82) is 0 Å². The van der Waals surface area contributed by atoms with Gasteiger partial charge in [0.2, 0.25) is 11.8 Å². The Morgan fingerprint density at radius 1 is 1.09 bits per heavy atom. The van der Waals surface area contributed by atoms with E-state index in [2.05, 4.69) is 0 Å². The van der Waals surface area contributed by atoms with Gasteiger partial charge in [-0.25, -0.2) is 10.0 Å². The van der Waals surface area contributed by atoms with Crippen molar-refractivity contribution >= 4 is 11.8 Å². The number of amides is 2. The highest BCUT2D eigenvalue weighted by molar-refractivity contribution is 5.86. The summed E-state index contributed by atoms with van der Waals surface area (Å²) < 4.78 is 0. The Balaban J connectivity index is 2.16. The van der Waals surface area contributed by atoms with Gasteiger partial charge in [0.25, 0.3) is 0 Å². The van der Waals surface area contributed by atoms with Crippen LogP contribution in [-0.2, 0) is 9.59 Å². The van der Waals surface area contributed by atoms with E-state index in [1.165, 1.54) is 13.8 Å². The van der Waals surface area contributed by atoms with Gasteiger partial charge in [0, 0.05) is 13.8 Å². The standard InChI is InChI=1S/C7H10N2O2/c1-5(10)8-7(3-4-7)9(8)6(2)11/h3-4H2,1-2H3. The number of hydrazine groups is 1. The number of rotatable bonds is 0. The summed E-state index contributed by atoms with van der Waals surface area (Å²) in [6, 6.07) is 0. The maximum absolute atomic E-state index is 10.9. The maximum Gasteiger partial charge on any atom is 0.240 e. The van der Waals surface area contributed by atoms with Crippen molar-refractivity contribution in [2.75, 3.05) is 0 Å². The van der Waals surface area contributed by atoms with Crippen LogP contribution in [0.4, 0.5) is 0 Å². The molecule has 0 aromatic carbocycles. The van der Waals surface area contributed by atoms with Crippen LogP contribution in [0.15, 0.2) is 0 Å². The van der Waals surface area contributed by atoms with Crippen LogP contribution in [0.2, 0.25) is 0 Å². The van der Waals surface area contributed by atoms with Crippen LogP contribution in [0.5, 0.6) is 0 Å². The minimum absolute atomic E-state index is 0.0299. The molecule has 4 heteroatoms. The number of nitrogens with zero attached hydrogens (tertiary/aromatic N) is 2. The molecule has 0 N–H and O–H groups in total. The first kappa shape index (κ1) is 6.64. The van der Waals surface area contributed by atoms with Crippen LogP contribution < -0.4 is 0 Å². The first-order valence-electron chi connectivity index (χ1n) is 3.71. The minimum atomic E-state index is -0.155. The van der Waals surface area contributed by atoms with E-state index in [4.69, 9.17) is 0 Å². The van der Waals surface area contributed by atoms with Crippen LogP contribution in [0.3, 0.4) is 0 Å². The molecule has 1 heterocycles. The summed E-state index contributed by atoms with van der Waals surface area (Å²) in [4.78, 5) is 21.8. The van der Waals surface area contributed by atoms with Crippen molar-refractivity contribution in [3.05, 3.63) is 0 Å². The van der Waals surface area contributed by atoms with Crippen molar-refractivity contribution in [3.63, 3.8) is 0 Å². The first-order chi connectivity index (χ1) is 5.09. The van der Waals surface area contributed by atoms with Gasteiger partial charge >= 0.3 is 0 Å². The van der Waals surface area contributed by atoms with E-state index in [1.807, 2.05) is 0 Å². The van der Waals surface area contributed by atoms with Gasteiger partial charge in [-0.05, 0) is 12.8 Å². The lowest BCUT2D eigenvalue weighted by atomic mass is 10.5. The van der Waals surface area contributed by atoms with Crippen molar-refractivity contribution in [2.24, 2.45) is 0 Å². The Hall–Kier alpha value is -1.06. The van der Waals surface area contributed by atoms with E-state index in [1.54, 1.807) is 10.0 Å². The normalized spacial score (nSPS) is 23.8. The predicted molar refractivity (Wildman–Crippen MR) is 37.0 cm³/mol. The lowest BCUT2D eigenvalue weighted by Crippen LogP contribution is -2.16. The van der Waals surface area contributed by atoms with E-state index in [-0.39, 0.29) is 17.5 Å². The van der Waals surface area contributed by atoms with Gasteiger partial charge in [-0.1, -0.05) is 0 Å². The molecule has 0 atom stereocenters. The topological polar surface area (TPSA) is 40.2 Å². The lowest BCUT2D eigenvalue weighted by molar-refractivity contribution is -0.134. The molecule has 2 fully saturated rings. The lowest BCUT2D eigenvalue weighted by Gasteiger charge is -1.95. The highest BCUT2D eigenvalue weighted by atomic mass is 16.2. The molecule has 0 radical (unpaired) electrons. The Kier molecular flexibility index (Phi) is 0.948. The molecule has 2 rings (SSSR count). The summed E-state index contributed by atoms with van der Waals surface area (Å²) in [5.74, 6) is -0.0598. The van der Waals surface area contributed by atoms with Crippen LogP contribution in [0, 0.1) is 0 Å². The molecule has 11 heavy (non-hydrogen) atoms. The van der Waals surface area contributed by atoms with Gasteiger partial charge in [-0.2, -0.15) is 0 Å². The van der Waals surface area contributed by atoms with Gasteiger partial charge in [-0.3, -0.25) is 9.59 Å². The van der Waals surface area contributed by atoms with Gasteiger partial charge in [-0.15, -0.1) is 0 Å². The van der Waals surface area contributed by atoms with Crippen LogP contribution in [0.25, 0.3) is 0 Å². The molecule has 1 spiro atoms. The van der Waals surface area contributed by atoms with Crippen molar-refractivity contribution in [2.45, 2.75) is 32.4 Å². The van der Waals surface area contributed by atoms with Crippen molar-refractivity contribution in [3.8, 4) is 0 Å². The van der Waals surface area contributed by atoms with Crippen LogP contribution in [-0.4, -0.2) is 27.5 Å². The fraction of sp³-hybridized carbons (Fsp3) is 0.714. The largest absolute Gasteiger partial charge is 0.273 e. The van der Waals surface area contributed by atoms with Gasteiger partial charge < -0.3 is 0 Å². The Labute approximate surface area is 64.7 Å². The zero-order valence-electron chi connectivity index (χ0n) is 6.63. The second kappa shape index (κ2) is 1.57. The maximum atomic E-state index is 10.9. The molecule has 4 nitrogen and oxygen atoms in total. The van der Waals surface area contributed by atoms with E-state index >= 15 is 0 Å². The number of carbonyl (C=O) groups excluding carboxylic acids is 2. The number of hydrogen-bond donors (Lipinski definition) is 0. The third-order valence-electron chi connectivity index (χ3n) is 2.24. The van der Waals surface area contributed by atoms with E-state index < -0.39 is 0 Å². The quantitative estimate of drug-likeness (QED) is 0.464. The molecule has 0 unspecified atom stereocenters. The monoisotopic (exact) mass is 154 g/mol. The molecule has 0 aromatic heterocycles. The predicted octanol–water partition coefficient (Wildman–Crippen LogP) is 0.102. The molecule has 1 saturated heterocycles. The smallest absolute Gasteiger partial charge is 0.240 e. The zero-order chi connectivity index (χ0) is 8.22. The van der Waals surface area contributed by atoms with E-state index in [9.17, 15) is 9.59 Å². The summed E-state index contributed by atoms with van der Waals surface area (Å²) in [6.07, 6.45) is 1.90. The Morgan fingerprint density at radius 2 is 1.45 bits per heavy atom. The molecule has 0 bridgehead atoms. The van der Waals surface area contributed by atoms with E-state index in [0.29, 0.717) is 0 Å². The number of hydrogen-bond acceptors (Lipinski definition) is 2. The molecule has 2 amide bonds. The van der Waals surface area contributed by atoms with E-state index in [0.717, 1.165) is 12.8 Å². The SMILES string of the molecule is CC(=O)N1N(C(C)=O)C12CC2. The van der Waals surface area contributed by atoms with Crippen molar-refractivity contribution < 1.29 is 9.59 Å². The number of carbonyl (C=O) groups is 2. The van der Waals surface area contributed by atoms with Gasteiger partial charge in [0.15, 0.2) is 5.66 Å². The molecular weight excluding hydrogens is 144 g/mol. The van der Waals surface area contributed by atoms with Crippen LogP contribution in [0.1, 0.15) is 26.7 Å². The Bertz CT molecular complexity index is 223.